The molecule has 0 bridgehead atoms. The van der Waals surface area contributed by atoms with Crippen LogP contribution in [-0.2, 0) is 16.0 Å². The van der Waals surface area contributed by atoms with E-state index in [0.717, 1.165) is 6.42 Å². The van der Waals surface area contributed by atoms with Crippen molar-refractivity contribution in [1.82, 2.24) is 9.80 Å². The molecule has 0 radical (unpaired) electrons. The molecule has 2 amide bonds. The molecule has 6 nitrogen and oxygen atoms in total. The van der Waals surface area contributed by atoms with E-state index in [2.05, 4.69) is 6.92 Å². The normalized spacial score (nSPS) is 21.0. The van der Waals surface area contributed by atoms with Crippen molar-refractivity contribution in [2.24, 2.45) is 5.92 Å². The van der Waals surface area contributed by atoms with Gasteiger partial charge in [0.15, 0.2) is 0 Å². The highest BCUT2D eigenvalue weighted by molar-refractivity contribution is 5.94. The van der Waals surface area contributed by atoms with Crippen molar-refractivity contribution in [1.29, 1.82) is 0 Å². The second-order valence-corrected chi connectivity index (χ2v) is 8.66. The molecule has 0 aromatic heterocycles. The van der Waals surface area contributed by atoms with Gasteiger partial charge in [-0.2, -0.15) is 0 Å². The first-order chi connectivity index (χ1) is 16.0. The minimum Gasteiger partial charge on any atom is -0.490 e. The molecule has 2 aromatic carbocycles. The summed E-state index contributed by atoms with van der Waals surface area (Å²) in [6, 6.07) is 13.6. The molecule has 33 heavy (non-hydrogen) atoms. The van der Waals surface area contributed by atoms with Crippen LogP contribution in [0, 0.1) is 11.7 Å². The van der Waals surface area contributed by atoms with E-state index in [1.807, 2.05) is 34.1 Å². The molecule has 2 heterocycles. The monoisotopic (exact) mass is 454 g/mol. The SMILES string of the molecule is CCc1ccc(C(=O)N2CC[C@H](Oc3ccc(F)cc3)[C@@H](CC(=O)N3CCOCC3)C2)cc1. The van der Waals surface area contributed by atoms with Gasteiger partial charge in [-0.15, -0.1) is 0 Å². The Morgan fingerprint density at radius 3 is 2.36 bits per heavy atom. The van der Waals surface area contributed by atoms with Gasteiger partial charge in [0.05, 0.1) is 13.2 Å². The summed E-state index contributed by atoms with van der Waals surface area (Å²) in [5.74, 6) is 0.119. The quantitative estimate of drug-likeness (QED) is 0.670. The summed E-state index contributed by atoms with van der Waals surface area (Å²) in [6.45, 7) is 5.33. The summed E-state index contributed by atoms with van der Waals surface area (Å²) in [5, 5.41) is 0. The van der Waals surface area contributed by atoms with Gasteiger partial charge >= 0.3 is 0 Å². The standard InChI is InChI=1S/C26H31FN2O4/c1-2-19-3-5-20(6-4-19)26(31)29-12-11-24(33-23-9-7-22(27)8-10-23)21(18-29)17-25(30)28-13-15-32-16-14-28/h3-10,21,24H,2,11-18H2,1H3/t21-,24-/m0/s1. The average molecular weight is 455 g/mol. The number of nitrogens with zero attached hydrogens (tertiary/aromatic N) is 2. The van der Waals surface area contributed by atoms with Gasteiger partial charge in [-0.05, 0) is 48.4 Å². The van der Waals surface area contributed by atoms with Crippen LogP contribution in [0.25, 0.3) is 0 Å². The predicted octanol–water partition coefficient (Wildman–Crippen LogP) is 3.55. The number of piperidine rings is 1. The summed E-state index contributed by atoms with van der Waals surface area (Å²) < 4.78 is 24.8. The summed E-state index contributed by atoms with van der Waals surface area (Å²) >= 11 is 0. The highest BCUT2D eigenvalue weighted by Crippen LogP contribution is 2.28. The van der Waals surface area contributed by atoms with Crippen LogP contribution < -0.4 is 4.74 Å². The third-order valence-electron chi connectivity index (χ3n) is 6.46. The van der Waals surface area contributed by atoms with Gasteiger partial charge in [-0.3, -0.25) is 9.59 Å². The number of likely N-dealkylation sites (tertiary alicyclic amines) is 1. The molecule has 4 rings (SSSR count). The Labute approximate surface area is 194 Å². The van der Waals surface area contributed by atoms with E-state index in [-0.39, 0.29) is 29.7 Å². The van der Waals surface area contributed by atoms with Crippen LogP contribution in [0.15, 0.2) is 48.5 Å². The number of hydrogen-bond acceptors (Lipinski definition) is 4. The van der Waals surface area contributed by atoms with E-state index in [9.17, 15) is 14.0 Å². The maximum absolute atomic E-state index is 13.3. The molecular weight excluding hydrogens is 423 g/mol. The Hall–Kier alpha value is -2.93. The molecule has 0 N–H and O–H groups in total. The minimum atomic E-state index is -0.323. The molecule has 0 spiro atoms. The number of carbonyl (C=O) groups is 2. The molecule has 2 aliphatic heterocycles. The second kappa shape index (κ2) is 10.8. The number of halogens is 1. The smallest absolute Gasteiger partial charge is 0.253 e. The Bertz CT molecular complexity index is 942. The fraction of sp³-hybridized carbons (Fsp3) is 0.462. The van der Waals surface area contributed by atoms with Gasteiger partial charge in [0.1, 0.15) is 17.7 Å². The molecular formula is C26H31FN2O4. The van der Waals surface area contributed by atoms with Crippen molar-refractivity contribution < 1.29 is 23.5 Å². The molecule has 2 saturated heterocycles. The fourth-order valence-corrected chi connectivity index (χ4v) is 4.47. The number of amides is 2. The first-order valence-electron chi connectivity index (χ1n) is 11.7. The van der Waals surface area contributed by atoms with Crippen molar-refractivity contribution in [2.75, 3.05) is 39.4 Å². The number of aryl methyl sites for hydroxylation is 1. The maximum atomic E-state index is 13.3. The molecule has 176 valence electrons. The van der Waals surface area contributed by atoms with E-state index < -0.39 is 0 Å². The van der Waals surface area contributed by atoms with Crippen molar-refractivity contribution in [3.63, 3.8) is 0 Å². The van der Waals surface area contributed by atoms with Crippen molar-refractivity contribution in [2.45, 2.75) is 32.3 Å². The molecule has 0 aliphatic carbocycles. The number of hydrogen-bond donors (Lipinski definition) is 0. The maximum Gasteiger partial charge on any atom is 0.253 e. The third-order valence-corrected chi connectivity index (χ3v) is 6.46. The lowest BCUT2D eigenvalue weighted by Crippen LogP contribution is -2.50. The van der Waals surface area contributed by atoms with Crippen LogP contribution in [0.1, 0.15) is 35.7 Å². The highest BCUT2D eigenvalue weighted by Gasteiger charge is 2.35. The van der Waals surface area contributed by atoms with Crippen LogP contribution in [-0.4, -0.2) is 67.1 Å². The van der Waals surface area contributed by atoms with E-state index in [0.29, 0.717) is 63.5 Å². The van der Waals surface area contributed by atoms with Gasteiger partial charge in [0.25, 0.3) is 5.91 Å². The van der Waals surface area contributed by atoms with Gasteiger partial charge < -0.3 is 19.3 Å². The fourth-order valence-electron chi connectivity index (χ4n) is 4.47. The molecule has 2 aromatic rings. The average Bonchev–Trinajstić information content (AvgIpc) is 2.86. The first kappa shape index (κ1) is 23.2. The number of carbonyl (C=O) groups excluding carboxylic acids is 2. The summed E-state index contributed by atoms with van der Waals surface area (Å²) in [5.41, 5.74) is 1.84. The Kier molecular flexibility index (Phi) is 7.60. The molecule has 0 saturated carbocycles. The second-order valence-electron chi connectivity index (χ2n) is 8.66. The zero-order chi connectivity index (χ0) is 23.2. The van der Waals surface area contributed by atoms with Gasteiger partial charge in [0.2, 0.25) is 5.91 Å². The third kappa shape index (κ3) is 5.90. The molecule has 0 unspecified atom stereocenters. The molecule has 2 aliphatic rings. The van der Waals surface area contributed by atoms with E-state index in [4.69, 9.17) is 9.47 Å². The number of ether oxygens (including phenoxy) is 2. The first-order valence-corrected chi connectivity index (χ1v) is 11.7. The van der Waals surface area contributed by atoms with Crippen molar-refractivity contribution >= 4 is 11.8 Å². The van der Waals surface area contributed by atoms with Crippen molar-refractivity contribution in [3.8, 4) is 5.75 Å². The zero-order valence-electron chi connectivity index (χ0n) is 19.0. The van der Waals surface area contributed by atoms with Crippen LogP contribution in [0.5, 0.6) is 5.75 Å². The summed E-state index contributed by atoms with van der Waals surface area (Å²) in [4.78, 5) is 29.8. The highest BCUT2D eigenvalue weighted by atomic mass is 19.1. The van der Waals surface area contributed by atoms with E-state index >= 15 is 0 Å². The van der Waals surface area contributed by atoms with Gasteiger partial charge in [-0.1, -0.05) is 19.1 Å². The Balaban J connectivity index is 1.48. The number of rotatable bonds is 6. The topological polar surface area (TPSA) is 59.1 Å². The molecule has 2 fully saturated rings. The number of morpholine rings is 1. The lowest BCUT2D eigenvalue weighted by Gasteiger charge is -2.39. The van der Waals surface area contributed by atoms with E-state index in [1.165, 1.54) is 17.7 Å². The summed E-state index contributed by atoms with van der Waals surface area (Å²) in [7, 11) is 0. The van der Waals surface area contributed by atoms with Crippen LogP contribution in [0.2, 0.25) is 0 Å². The van der Waals surface area contributed by atoms with Crippen LogP contribution in [0.3, 0.4) is 0 Å². The van der Waals surface area contributed by atoms with Crippen molar-refractivity contribution in [3.05, 3.63) is 65.5 Å². The van der Waals surface area contributed by atoms with Crippen LogP contribution in [0.4, 0.5) is 4.39 Å². The Morgan fingerprint density at radius 1 is 1.00 bits per heavy atom. The van der Waals surface area contributed by atoms with Gasteiger partial charge in [-0.25, -0.2) is 4.39 Å². The number of benzene rings is 2. The predicted molar refractivity (Wildman–Crippen MR) is 123 cm³/mol. The minimum absolute atomic E-state index is 0.0262. The largest absolute Gasteiger partial charge is 0.490 e. The molecule has 7 heteroatoms. The zero-order valence-corrected chi connectivity index (χ0v) is 19.0. The Morgan fingerprint density at radius 2 is 1.70 bits per heavy atom. The summed E-state index contributed by atoms with van der Waals surface area (Å²) in [6.07, 6.45) is 1.60. The lowest BCUT2D eigenvalue weighted by molar-refractivity contribution is -0.137. The molecule has 2 atom stereocenters. The van der Waals surface area contributed by atoms with Gasteiger partial charge in [0, 0.05) is 50.5 Å². The van der Waals surface area contributed by atoms with Crippen LogP contribution >= 0.6 is 0 Å². The lowest BCUT2D eigenvalue weighted by atomic mass is 9.90. The van der Waals surface area contributed by atoms with E-state index in [1.54, 1.807) is 12.1 Å².